The molecule has 26 heavy (non-hydrogen) atoms. The van der Waals surface area contributed by atoms with Crippen LogP contribution in [0, 0.1) is 0 Å². The van der Waals surface area contributed by atoms with Gasteiger partial charge in [-0.15, -0.1) is 0 Å². The second kappa shape index (κ2) is 9.83. The van der Waals surface area contributed by atoms with Crippen molar-refractivity contribution in [1.82, 2.24) is 10.6 Å². The largest absolute Gasteiger partial charge is 0.480 e. The standard InChI is InChI=1S/C19H20N2O5/c22-17(12-20-19(25)26-13-15-9-5-2-6-10-15)21-16(18(23)24)11-14-7-3-1-4-8-14/h1-10,16H,11-13H2,(H,20,25)(H,21,22)(H,23,24)/t16-/m1/s1. The van der Waals surface area contributed by atoms with Gasteiger partial charge in [0.15, 0.2) is 0 Å². The molecule has 0 saturated heterocycles. The number of benzene rings is 2. The van der Waals surface area contributed by atoms with Crippen LogP contribution >= 0.6 is 0 Å². The van der Waals surface area contributed by atoms with Crippen LogP contribution in [-0.4, -0.2) is 35.7 Å². The molecule has 0 bridgehead atoms. The number of amides is 2. The van der Waals surface area contributed by atoms with Gasteiger partial charge >= 0.3 is 12.1 Å². The Morgan fingerprint density at radius 3 is 2.08 bits per heavy atom. The smallest absolute Gasteiger partial charge is 0.407 e. The van der Waals surface area contributed by atoms with Gasteiger partial charge < -0.3 is 20.5 Å². The van der Waals surface area contributed by atoms with E-state index in [0.717, 1.165) is 11.1 Å². The van der Waals surface area contributed by atoms with E-state index in [2.05, 4.69) is 10.6 Å². The third-order valence-electron chi connectivity index (χ3n) is 3.52. The highest BCUT2D eigenvalue weighted by molar-refractivity contribution is 5.86. The molecular weight excluding hydrogens is 336 g/mol. The molecule has 0 radical (unpaired) electrons. The number of carbonyl (C=O) groups is 3. The fourth-order valence-corrected chi connectivity index (χ4v) is 2.22. The lowest BCUT2D eigenvalue weighted by atomic mass is 10.1. The molecule has 0 aliphatic rings. The van der Waals surface area contributed by atoms with Crippen LogP contribution in [0.15, 0.2) is 60.7 Å². The summed E-state index contributed by atoms with van der Waals surface area (Å²) in [5.41, 5.74) is 1.61. The average Bonchev–Trinajstić information content (AvgIpc) is 2.66. The lowest BCUT2D eigenvalue weighted by molar-refractivity contribution is -0.141. The molecule has 2 aromatic carbocycles. The van der Waals surface area contributed by atoms with Gasteiger partial charge in [0.25, 0.3) is 0 Å². The number of nitrogens with one attached hydrogen (secondary N) is 2. The van der Waals surface area contributed by atoms with Gasteiger partial charge in [0.05, 0.1) is 0 Å². The van der Waals surface area contributed by atoms with Gasteiger partial charge in [-0.05, 0) is 11.1 Å². The van der Waals surface area contributed by atoms with E-state index in [1.165, 1.54) is 0 Å². The quantitative estimate of drug-likeness (QED) is 0.668. The molecule has 0 spiro atoms. The number of alkyl carbamates (subject to hydrolysis) is 1. The number of rotatable bonds is 8. The van der Waals surface area contributed by atoms with Crippen molar-refractivity contribution in [3.8, 4) is 0 Å². The van der Waals surface area contributed by atoms with Crippen LogP contribution < -0.4 is 10.6 Å². The first-order chi connectivity index (χ1) is 12.5. The SMILES string of the molecule is O=C(CNC(=O)OCc1ccccc1)N[C@H](Cc1ccccc1)C(=O)O. The molecule has 3 N–H and O–H groups in total. The van der Waals surface area contributed by atoms with Gasteiger partial charge in [-0.1, -0.05) is 60.7 Å². The molecule has 0 aliphatic carbocycles. The molecule has 0 saturated carbocycles. The summed E-state index contributed by atoms with van der Waals surface area (Å²) in [6, 6.07) is 17.0. The van der Waals surface area contributed by atoms with E-state index in [-0.39, 0.29) is 19.6 Å². The van der Waals surface area contributed by atoms with Gasteiger partial charge in [0, 0.05) is 6.42 Å². The zero-order chi connectivity index (χ0) is 18.8. The molecule has 0 heterocycles. The van der Waals surface area contributed by atoms with Gasteiger partial charge in [-0.25, -0.2) is 9.59 Å². The molecular formula is C19H20N2O5. The third-order valence-corrected chi connectivity index (χ3v) is 3.52. The summed E-state index contributed by atoms with van der Waals surface area (Å²) in [4.78, 5) is 34.8. The molecule has 2 rings (SSSR count). The Kier molecular flexibility index (Phi) is 7.17. The highest BCUT2D eigenvalue weighted by atomic mass is 16.5. The second-order valence-electron chi connectivity index (χ2n) is 5.56. The van der Waals surface area contributed by atoms with Crippen molar-refractivity contribution < 1.29 is 24.2 Å². The molecule has 0 fully saturated rings. The van der Waals surface area contributed by atoms with E-state index in [9.17, 15) is 19.5 Å². The Bertz CT molecular complexity index is 734. The minimum atomic E-state index is -1.14. The molecule has 136 valence electrons. The molecule has 7 nitrogen and oxygen atoms in total. The van der Waals surface area contributed by atoms with E-state index in [1.54, 1.807) is 36.4 Å². The van der Waals surface area contributed by atoms with Crippen molar-refractivity contribution >= 4 is 18.0 Å². The normalized spacial score (nSPS) is 11.2. The van der Waals surface area contributed by atoms with Crippen molar-refractivity contribution in [3.63, 3.8) is 0 Å². The lowest BCUT2D eigenvalue weighted by Gasteiger charge is -2.15. The maximum Gasteiger partial charge on any atom is 0.407 e. The average molecular weight is 356 g/mol. The molecule has 0 unspecified atom stereocenters. The van der Waals surface area contributed by atoms with Crippen LogP contribution in [0.3, 0.4) is 0 Å². The maximum absolute atomic E-state index is 11.9. The molecule has 1 atom stereocenters. The van der Waals surface area contributed by atoms with Crippen LogP contribution in [0.5, 0.6) is 0 Å². The monoisotopic (exact) mass is 356 g/mol. The van der Waals surface area contributed by atoms with Crippen molar-refractivity contribution in [2.24, 2.45) is 0 Å². The molecule has 7 heteroatoms. The summed E-state index contributed by atoms with van der Waals surface area (Å²) >= 11 is 0. The van der Waals surface area contributed by atoms with Gasteiger partial charge in [-0.3, -0.25) is 4.79 Å². The minimum Gasteiger partial charge on any atom is -0.480 e. The summed E-state index contributed by atoms with van der Waals surface area (Å²) in [5.74, 6) is -1.75. The lowest BCUT2D eigenvalue weighted by Crippen LogP contribution is -2.46. The minimum absolute atomic E-state index is 0.0834. The van der Waals surface area contributed by atoms with E-state index in [0.29, 0.717) is 0 Å². The molecule has 0 aliphatic heterocycles. The first-order valence-corrected chi connectivity index (χ1v) is 8.05. The van der Waals surface area contributed by atoms with Crippen LogP contribution in [0.4, 0.5) is 4.79 Å². The summed E-state index contributed by atoms with van der Waals surface area (Å²) in [6.45, 7) is -0.285. The predicted octanol–water partition coefficient (Wildman–Crippen LogP) is 1.72. The van der Waals surface area contributed by atoms with Crippen molar-refractivity contribution in [3.05, 3.63) is 71.8 Å². The van der Waals surface area contributed by atoms with E-state index < -0.39 is 24.0 Å². The zero-order valence-electron chi connectivity index (χ0n) is 14.1. The molecule has 0 aromatic heterocycles. The van der Waals surface area contributed by atoms with Gasteiger partial charge in [0.2, 0.25) is 5.91 Å². The number of carboxylic acids is 1. The zero-order valence-corrected chi connectivity index (χ0v) is 14.1. The van der Waals surface area contributed by atoms with Gasteiger partial charge in [-0.2, -0.15) is 0 Å². The van der Waals surface area contributed by atoms with Crippen LogP contribution in [0.2, 0.25) is 0 Å². The van der Waals surface area contributed by atoms with Crippen molar-refractivity contribution in [2.45, 2.75) is 19.1 Å². The van der Waals surface area contributed by atoms with Gasteiger partial charge in [0.1, 0.15) is 19.2 Å². The number of aliphatic carboxylic acids is 1. The maximum atomic E-state index is 11.9. The Morgan fingerprint density at radius 1 is 0.923 bits per heavy atom. The predicted molar refractivity (Wildman–Crippen MR) is 94.3 cm³/mol. The summed E-state index contributed by atoms with van der Waals surface area (Å²) in [6.07, 6.45) is -0.598. The van der Waals surface area contributed by atoms with Crippen LogP contribution in [-0.2, 0) is 27.4 Å². The third kappa shape index (κ3) is 6.64. The number of carboxylic acid groups (broad SMARTS) is 1. The van der Waals surface area contributed by atoms with Crippen molar-refractivity contribution in [1.29, 1.82) is 0 Å². The van der Waals surface area contributed by atoms with E-state index in [1.807, 2.05) is 24.3 Å². The Balaban J connectivity index is 1.75. The first kappa shape index (κ1) is 19.0. The second-order valence-corrected chi connectivity index (χ2v) is 5.56. The summed E-state index contributed by atoms with van der Waals surface area (Å²) in [7, 11) is 0. The highest BCUT2D eigenvalue weighted by Gasteiger charge is 2.20. The Morgan fingerprint density at radius 2 is 1.50 bits per heavy atom. The summed E-state index contributed by atoms with van der Waals surface area (Å²) in [5, 5.41) is 13.9. The van der Waals surface area contributed by atoms with Crippen molar-refractivity contribution in [2.75, 3.05) is 6.54 Å². The molecule has 2 amide bonds. The van der Waals surface area contributed by atoms with Crippen LogP contribution in [0.25, 0.3) is 0 Å². The molecule has 2 aromatic rings. The highest BCUT2D eigenvalue weighted by Crippen LogP contribution is 2.03. The number of ether oxygens (including phenoxy) is 1. The summed E-state index contributed by atoms with van der Waals surface area (Å²) < 4.78 is 4.98. The fraction of sp³-hybridized carbons (Fsp3) is 0.211. The van der Waals surface area contributed by atoms with E-state index in [4.69, 9.17) is 4.74 Å². The topological polar surface area (TPSA) is 105 Å². The first-order valence-electron chi connectivity index (χ1n) is 8.05. The fourth-order valence-electron chi connectivity index (χ4n) is 2.22. The Labute approximate surface area is 151 Å². The van der Waals surface area contributed by atoms with Crippen LogP contribution in [0.1, 0.15) is 11.1 Å². The Hall–Kier alpha value is -3.35. The number of hydrogen-bond acceptors (Lipinski definition) is 4. The van der Waals surface area contributed by atoms with E-state index >= 15 is 0 Å². The number of hydrogen-bond donors (Lipinski definition) is 3. The number of carbonyl (C=O) groups excluding carboxylic acids is 2.